The van der Waals surface area contributed by atoms with Gasteiger partial charge >= 0.3 is 0 Å². The number of carbonyl (C=O) groups is 1. The summed E-state index contributed by atoms with van der Waals surface area (Å²) in [7, 11) is 0. The molecule has 1 amide bonds. The van der Waals surface area contributed by atoms with Crippen molar-refractivity contribution in [3.8, 4) is 0 Å². The van der Waals surface area contributed by atoms with E-state index in [1.54, 1.807) is 13.0 Å². The first kappa shape index (κ1) is 13.5. The molecule has 0 radical (unpaired) electrons. The SMILES string of the molecule is Cc1ccc([N+](=O)[O-])cc1C(=O)NCC1(O)CCC1. The normalized spacial score (nSPS) is 16.5. The number of nitrogens with one attached hydrogen (secondary N) is 1. The van der Waals surface area contributed by atoms with Crippen LogP contribution in [-0.2, 0) is 0 Å². The zero-order chi connectivity index (χ0) is 14.0. The molecule has 1 fully saturated rings. The fourth-order valence-corrected chi connectivity index (χ4v) is 2.07. The number of nitrogens with zero attached hydrogens (tertiary/aromatic N) is 1. The maximum atomic E-state index is 12.0. The second-order valence-electron chi connectivity index (χ2n) is 5.02. The van der Waals surface area contributed by atoms with Gasteiger partial charge in [0.05, 0.1) is 10.5 Å². The lowest BCUT2D eigenvalue weighted by Crippen LogP contribution is -2.47. The number of rotatable bonds is 4. The molecule has 0 spiro atoms. The number of nitro groups is 1. The molecule has 2 N–H and O–H groups in total. The second kappa shape index (κ2) is 4.97. The van der Waals surface area contributed by atoms with Crippen molar-refractivity contribution in [2.75, 3.05) is 6.54 Å². The summed E-state index contributed by atoms with van der Waals surface area (Å²) in [5, 5.41) is 23.2. The van der Waals surface area contributed by atoms with Crippen LogP contribution >= 0.6 is 0 Å². The number of nitro benzene ring substituents is 1. The standard InChI is InChI=1S/C13H16N2O4/c1-9-3-4-10(15(18)19)7-11(9)12(16)14-8-13(17)5-2-6-13/h3-4,7,17H,2,5-6,8H2,1H3,(H,14,16). The van der Waals surface area contributed by atoms with Crippen molar-refractivity contribution in [2.24, 2.45) is 0 Å². The Kier molecular flexibility index (Phi) is 3.53. The maximum Gasteiger partial charge on any atom is 0.270 e. The van der Waals surface area contributed by atoms with Gasteiger partial charge in [0.25, 0.3) is 11.6 Å². The van der Waals surface area contributed by atoms with Crippen LogP contribution in [0.2, 0.25) is 0 Å². The minimum atomic E-state index is -0.801. The highest BCUT2D eigenvalue weighted by molar-refractivity contribution is 5.96. The van der Waals surface area contributed by atoms with Crippen LogP contribution in [0.4, 0.5) is 5.69 Å². The van der Waals surface area contributed by atoms with Crippen LogP contribution < -0.4 is 5.32 Å². The van der Waals surface area contributed by atoms with E-state index in [-0.39, 0.29) is 23.7 Å². The first-order chi connectivity index (χ1) is 8.91. The molecule has 0 aromatic heterocycles. The molecule has 0 heterocycles. The van der Waals surface area contributed by atoms with E-state index in [9.17, 15) is 20.0 Å². The molecule has 0 bridgehead atoms. The monoisotopic (exact) mass is 264 g/mol. The van der Waals surface area contributed by atoms with E-state index in [2.05, 4.69) is 5.32 Å². The van der Waals surface area contributed by atoms with Crippen LogP contribution in [0.15, 0.2) is 18.2 Å². The van der Waals surface area contributed by atoms with Gasteiger partial charge in [0.1, 0.15) is 0 Å². The lowest BCUT2D eigenvalue weighted by Gasteiger charge is -2.36. The van der Waals surface area contributed by atoms with Crippen LogP contribution in [0.5, 0.6) is 0 Å². The van der Waals surface area contributed by atoms with E-state index in [1.165, 1.54) is 12.1 Å². The Balaban J connectivity index is 2.09. The molecule has 0 aliphatic heterocycles. The van der Waals surface area contributed by atoms with Gasteiger partial charge in [-0.15, -0.1) is 0 Å². The molecule has 6 heteroatoms. The third-order valence-electron chi connectivity index (χ3n) is 3.54. The van der Waals surface area contributed by atoms with Crippen LogP contribution in [0.1, 0.15) is 35.2 Å². The molecule has 19 heavy (non-hydrogen) atoms. The highest BCUT2D eigenvalue weighted by atomic mass is 16.6. The molecule has 2 rings (SSSR count). The first-order valence-electron chi connectivity index (χ1n) is 6.17. The molecule has 1 aromatic rings. The van der Waals surface area contributed by atoms with Crippen molar-refractivity contribution in [1.82, 2.24) is 5.32 Å². The Morgan fingerprint density at radius 2 is 2.21 bits per heavy atom. The van der Waals surface area contributed by atoms with Gasteiger partial charge in [0.2, 0.25) is 0 Å². The number of hydrogen-bond donors (Lipinski definition) is 2. The minimum absolute atomic E-state index is 0.113. The number of amides is 1. The third-order valence-corrected chi connectivity index (χ3v) is 3.54. The highest BCUT2D eigenvalue weighted by Gasteiger charge is 2.34. The van der Waals surface area contributed by atoms with Gasteiger partial charge in [-0.05, 0) is 31.7 Å². The third kappa shape index (κ3) is 2.90. The van der Waals surface area contributed by atoms with Crippen molar-refractivity contribution in [1.29, 1.82) is 0 Å². The maximum absolute atomic E-state index is 12.0. The van der Waals surface area contributed by atoms with E-state index in [0.29, 0.717) is 18.4 Å². The zero-order valence-corrected chi connectivity index (χ0v) is 10.7. The molecular formula is C13H16N2O4. The van der Waals surface area contributed by atoms with Gasteiger partial charge < -0.3 is 10.4 Å². The van der Waals surface area contributed by atoms with Crippen molar-refractivity contribution in [3.05, 3.63) is 39.4 Å². The van der Waals surface area contributed by atoms with Crippen LogP contribution in [0.3, 0.4) is 0 Å². The number of hydrogen-bond acceptors (Lipinski definition) is 4. The van der Waals surface area contributed by atoms with Gasteiger partial charge in [0, 0.05) is 24.2 Å². The molecule has 0 saturated heterocycles. The van der Waals surface area contributed by atoms with Crippen molar-refractivity contribution in [3.63, 3.8) is 0 Å². The largest absolute Gasteiger partial charge is 0.388 e. The van der Waals surface area contributed by atoms with E-state index in [1.807, 2.05) is 0 Å². The Morgan fingerprint density at radius 1 is 1.53 bits per heavy atom. The molecule has 0 atom stereocenters. The molecule has 1 aliphatic rings. The quantitative estimate of drug-likeness (QED) is 0.637. The first-order valence-corrected chi connectivity index (χ1v) is 6.17. The lowest BCUT2D eigenvalue weighted by molar-refractivity contribution is -0.384. The van der Waals surface area contributed by atoms with Gasteiger partial charge in [-0.2, -0.15) is 0 Å². The lowest BCUT2D eigenvalue weighted by atomic mass is 9.80. The highest BCUT2D eigenvalue weighted by Crippen LogP contribution is 2.30. The number of carbonyl (C=O) groups excluding carboxylic acids is 1. The number of aryl methyl sites for hydroxylation is 1. The Hall–Kier alpha value is -1.95. The predicted molar refractivity (Wildman–Crippen MR) is 69.0 cm³/mol. The smallest absolute Gasteiger partial charge is 0.270 e. The molecule has 1 aliphatic carbocycles. The van der Waals surface area contributed by atoms with Crippen LogP contribution in [0.25, 0.3) is 0 Å². The molecule has 1 aromatic carbocycles. The van der Waals surface area contributed by atoms with E-state index < -0.39 is 10.5 Å². The zero-order valence-electron chi connectivity index (χ0n) is 10.7. The molecule has 102 valence electrons. The van der Waals surface area contributed by atoms with Gasteiger partial charge in [0.15, 0.2) is 0 Å². The summed E-state index contributed by atoms with van der Waals surface area (Å²) in [4.78, 5) is 22.1. The Morgan fingerprint density at radius 3 is 2.74 bits per heavy atom. The van der Waals surface area contributed by atoms with Crippen molar-refractivity contribution in [2.45, 2.75) is 31.8 Å². The number of benzene rings is 1. The summed E-state index contributed by atoms with van der Waals surface area (Å²) in [5.41, 5.74) is 0.0310. The van der Waals surface area contributed by atoms with Gasteiger partial charge in [-0.1, -0.05) is 6.07 Å². The molecular weight excluding hydrogens is 248 g/mol. The van der Waals surface area contributed by atoms with E-state index >= 15 is 0 Å². The van der Waals surface area contributed by atoms with Crippen LogP contribution in [-0.4, -0.2) is 28.1 Å². The minimum Gasteiger partial charge on any atom is -0.388 e. The van der Waals surface area contributed by atoms with Crippen LogP contribution in [0, 0.1) is 17.0 Å². The summed E-state index contributed by atoms with van der Waals surface area (Å²) in [6, 6.07) is 4.17. The summed E-state index contributed by atoms with van der Waals surface area (Å²) in [5.74, 6) is -0.387. The second-order valence-corrected chi connectivity index (χ2v) is 5.02. The molecule has 6 nitrogen and oxygen atoms in total. The predicted octanol–water partition coefficient (Wildman–Crippen LogP) is 1.55. The number of non-ortho nitro benzene ring substituents is 1. The fourth-order valence-electron chi connectivity index (χ4n) is 2.07. The number of aliphatic hydroxyl groups is 1. The molecule has 0 unspecified atom stereocenters. The topological polar surface area (TPSA) is 92.5 Å². The average Bonchev–Trinajstić information content (AvgIpc) is 2.34. The van der Waals surface area contributed by atoms with Gasteiger partial charge in [-0.3, -0.25) is 14.9 Å². The summed E-state index contributed by atoms with van der Waals surface area (Å²) >= 11 is 0. The van der Waals surface area contributed by atoms with E-state index in [4.69, 9.17) is 0 Å². The summed E-state index contributed by atoms with van der Waals surface area (Å²) in [6.45, 7) is 1.91. The van der Waals surface area contributed by atoms with E-state index in [0.717, 1.165) is 6.42 Å². The Labute approximate surface area is 110 Å². The summed E-state index contributed by atoms with van der Waals surface area (Å²) < 4.78 is 0. The summed E-state index contributed by atoms with van der Waals surface area (Å²) in [6.07, 6.45) is 2.32. The van der Waals surface area contributed by atoms with Crippen molar-refractivity contribution < 1.29 is 14.8 Å². The molecule has 1 saturated carbocycles. The van der Waals surface area contributed by atoms with Gasteiger partial charge in [-0.25, -0.2) is 0 Å². The van der Waals surface area contributed by atoms with Crippen molar-refractivity contribution >= 4 is 11.6 Å². The fraction of sp³-hybridized carbons (Fsp3) is 0.462. The average molecular weight is 264 g/mol. The Bertz CT molecular complexity index is 523.